The molecule has 2 aromatic rings. The number of ether oxygens (including phenoxy) is 1. The first-order valence-corrected chi connectivity index (χ1v) is 10.2. The average molecular weight is 378 g/mol. The average Bonchev–Trinajstić information content (AvgIpc) is 3.19. The van der Waals surface area contributed by atoms with E-state index in [9.17, 15) is 4.79 Å². The number of hydrogen-bond donors (Lipinski definition) is 2. The largest absolute Gasteiger partial charge is 0.497 e. The maximum atomic E-state index is 12.5. The summed E-state index contributed by atoms with van der Waals surface area (Å²) in [7, 11) is 1.63. The summed E-state index contributed by atoms with van der Waals surface area (Å²) in [4.78, 5) is 20.4. The van der Waals surface area contributed by atoms with Gasteiger partial charge in [0.1, 0.15) is 17.3 Å². The third-order valence-electron chi connectivity index (χ3n) is 6.86. The number of amides is 1. The van der Waals surface area contributed by atoms with E-state index in [4.69, 9.17) is 4.74 Å². The molecule has 0 aliphatic heterocycles. The van der Waals surface area contributed by atoms with Crippen LogP contribution in [0.3, 0.4) is 0 Å². The molecule has 4 aliphatic carbocycles. The van der Waals surface area contributed by atoms with Gasteiger partial charge in [0.25, 0.3) is 5.91 Å². The summed E-state index contributed by atoms with van der Waals surface area (Å²) in [5, 5.41) is 4.06. The van der Waals surface area contributed by atoms with Crippen LogP contribution < -0.4 is 10.2 Å². The van der Waals surface area contributed by atoms with Gasteiger partial charge in [0.2, 0.25) is 0 Å². The highest BCUT2D eigenvalue weighted by molar-refractivity contribution is 5.93. The highest BCUT2D eigenvalue weighted by Crippen LogP contribution is 2.60. The van der Waals surface area contributed by atoms with Crippen LogP contribution in [0.4, 0.5) is 0 Å². The van der Waals surface area contributed by atoms with E-state index in [0.29, 0.717) is 5.69 Å². The van der Waals surface area contributed by atoms with E-state index < -0.39 is 0 Å². The van der Waals surface area contributed by atoms with Crippen LogP contribution in [0, 0.1) is 17.8 Å². The minimum absolute atomic E-state index is 0.166. The molecular formula is C22H26N4O2. The number of benzene rings is 1. The number of hydrazone groups is 1. The number of methoxy groups -OCH3 is 1. The minimum Gasteiger partial charge on any atom is -0.497 e. The fourth-order valence-electron chi connectivity index (χ4n) is 6.02. The van der Waals surface area contributed by atoms with E-state index in [-0.39, 0.29) is 11.3 Å². The molecular weight excluding hydrogens is 352 g/mol. The Kier molecular flexibility index (Phi) is 4.22. The zero-order valence-corrected chi connectivity index (χ0v) is 16.1. The maximum Gasteiger partial charge on any atom is 0.289 e. The molecule has 0 saturated heterocycles. The van der Waals surface area contributed by atoms with E-state index in [1.807, 2.05) is 24.3 Å². The second-order valence-corrected chi connectivity index (χ2v) is 8.82. The summed E-state index contributed by atoms with van der Waals surface area (Å²) in [6.45, 7) is 0. The number of carbonyl (C=O) groups excluding carboxylic acids is 1. The van der Waals surface area contributed by atoms with Crippen molar-refractivity contribution in [1.82, 2.24) is 15.4 Å². The van der Waals surface area contributed by atoms with Crippen LogP contribution in [0.1, 0.15) is 60.4 Å². The topological polar surface area (TPSA) is 79.4 Å². The normalized spacial score (nSPS) is 30.7. The molecule has 1 heterocycles. The fourth-order valence-corrected chi connectivity index (χ4v) is 6.02. The van der Waals surface area contributed by atoms with Crippen molar-refractivity contribution >= 4 is 12.1 Å². The molecule has 6 rings (SSSR count). The molecule has 2 N–H and O–H groups in total. The first-order valence-electron chi connectivity index (χ1n) is 10.2. The lowest BCUT2D eigenvalue weighted by Gasteiger charge is -2.55. The number of aromatic amines is 1. The Labute approximate surface area is 164 Å². The van der Waals surface area contributed by atoms with E-state index in [1.165, 1.54) is 38.5 Å². The molecule has 0 unspecified atom stereocenters. The molecule has 1 aromatic carbocycles. The third kappa shape index (κ3) is 3.11. The molecule has 0 radical (unpaired) electrons. The van der Waals surface area contributed by atoms with Gasteiger partial charge < -0.3 is 9.72 Å². The summed E-state index contributed by atoms with van der Waals surface area (Å²) < 4.78 is 5.13. The van der Waals surface area contributed by atoms with Gasteiger partial charge >= 0.3 is 0 Å². The van der Waals surface area contributed by atoms with E-state index in [0.717, 1.165) is 34.9 Å². The number of H-pyrrole nitrogens is 1. The van der Waals surface area contributed by atoms with Crippen LogP contribution >= 0.6 is 0 Å². The van der Waals surface area contributed by atoms with Gasteiger partial charge in [0.05, 0.1) is 19.5 Å². The Morgan fingerprint density at radius 3 is 2.43 bits per heavy atom. The third-order valence-corrected chi connectivity index (χ3v) is 6.86. The fraction of sp³-hybridized carbons (Fsp3) is 0.500. The summed E-state index contributed by atoms with van der Waals surface area (Å²) in [6, 6.07) is 7.48. The molecule has 0 atom stereocenters. The van der Waals surface area contributed by atoms with Gasteiger partial charge in [-0.1, -0.05) is 0 Å². The number of aromatic nitrogens is 2. The zero-order chi connectivity index (χ0) is 19.1. The molecule has 1 amide bonds. The second-order valence-electron chi connectivity index (χ2n) is 8.82. The van der Waals surface area contributed by atoms with Gasteiger partial charge in [-0.2, -0.15) is 5.10 Å². The standard InChI is InChI=1S/C22H26N4O2/c1-28-18-4-2-14(3-5-18)12-24-26-20(27)19-13-23-21(25-19)22-9-15-6-16(10-22)8-17(7-15)11-22/h2-5,12-13,15-17H,6-11H2,1H3,(H,23,25)(H,26,27)/b24-12+. The van der Waals surface area contributed by atoms with Gasteiger partial charge in [-0.15, -0.1) is 0 Å². The van der Waals surface area contributed by atoms with Gasteiger partial charge in [0.15, 0.2) is 0 Å². The van der Waals surface area contributed by atoms with Crippen molar-refractivity contribution in [3.63, 3.8) is 0 Å². The van der Waals surface area contributed by atoms with Crippen molar-refractivity contribution in [2.24, 2.45) is 22.9 Å². The van der Waals surface area contributed by atoms with Crippen molar-refractivity contribution in [2.45, 2.75) is 43.9 Å². The molecule has 4 bridgehead atoms. The Morgan fingerprint density at radius 2 is 1.82 bits per heavy atom. The molecule has 4 fully saturated rings. The minimum atomic E-state index is -0.256. The van der Waals surface area contributed by atoms with Gasteiger partial charge in [0, 0.05) is 5.41 Å². The predicted molar refractivity (Wildman–Crippen MR) is 106 cm³/mol. The Balaban J connectivity index is 1.26. The number of carbonyl (C=O) groups is 1. The van der Waals surface area contributed by atoms with Crippen LogP contribution in [0.15, 0.2) is 35.6 Å². The van der Waals surface area contributed by atoms with Crippen LogP contribution in [0.25, 0.3) is 0 Å². The van der Waals surface area contributed by atoms with E-state index in [2.05, 4.69) is 20.5 Å². The van der Waals surface area contributed by atoms with Crippen molar-refractivity contribution < 1.29 is 9.53 Å². The molecule has 1 aromatic heterocycles. The molecule has 0 spiro atoms. The Morgan fingerprint density at radius 1 is 1.18 bits per heavy atom. The highest BCUT2D eigenvalue weighted by Gasteiger charge is 2.53. The van der Waals surface area contributed by atoms with Crippen molar-refractivity contribution in [1.29, 1.82) is 0 Å². The predicted octanol–water partition coefficient (Wildman–Crippen LogP) is 3.65. The molecule has 6 heteroatoms. The Hall–Kier alpha value is -2.63. The Bertz CT molecular complexity index is 864. The first kappa shape index (κ1) is 17.5. The number of nitrogens with one attached hydrogen (secondary N) is 2. The quantitative estimate of drug-likeness (QED) is 0.616. The molecule has 6 nitrogen and oxygen atoms in total. The van der Waals surface area contributed by atoms with E-state index in [1.54, 1.807) is 19.5 Å². The van der Waals surface area contributed by atoms with Crippen molar-refractivity contribution in [3.8, 4) is 5.75 Å². The summed E-state index contributed by atoms with van der Waals surface area (Å²) in [5.74, 6) is 4.09. The molecule has 4 aliphatic rings. The van der Waals surface area contributed by atoms with Crippen LogP contribution in [0.2, 0.25) is 0 Å². The van der Waals surface area contributed by atoms with Crippen molar-refractivity contribution in [2.75, 3.05) is 7.11 Å². The number of rotatable bonds is 5. The highest BCUT2D eigenvalue weighted by atomic mass is 16.5. The number of hydrogen-bond acceptors (Lipinski definition) is 4. The van der Waals surface area contributed by atoms with Gasteiger partial charge in [-0.25, -0.2) is 10.4 Å². The van der Waals surface area contributed by atoms with Gasteiger partial charge in [-0.3, -0.25) is 4.79 Å². The molecule has 4 saturated carbocycles. The molecule has 146 valence electrons. The molecule has 28 heavy (non-hydrogen) atoms. The second kappa shape index (κ2) is 6.76. The monoisotopic (exact) mass is 378 g/mol. The maximum absolute atomic E-state index is 12.5. The summed E-state index contributed by atoms with van der Waals surface area (Å²) in [6.07, 6.45) is 11.1. The first-order chi connectivity index (χ1) is 13.6. The van der Waals surface area contributed by atoms with Crippen LogP contribution in [0.5, 0.6) is 5.75 Å². The number of nitrogens with zero attached hydrogens (tertiary/aromatic N) is 2. The SMILES string of the molecule is COc1ccc(/C=N/NC(=O)c2cnc(C34CC5CC(CC(C5)C3)C4)[nH]2)cc1. The summed E-state index contributed by atoms with van der Waals surface area (Å²) in [5.41, 5.74) is 4.13. The van der Waals surface area contributed by atoms with Crippen LogP contribution in [-0.2, 0) is 5.41 Å². The lowest BCUT2D eigenvalue weighted by molar-refractivity contribution is -0.00903. The number of imidazole rings is 1. The smallest absolute Gasteiger partial charge is 0.289 e. The van der Waals surface area contributed by atoms with Crippen molar-refractivity contribution in [3.05, 3.63) is 47.5 Å². The van der Waals surface area contributed by atoms with Crippen LogP contribution in [-0.4, -0.2) is 29.2 Å². The summed E-state index contributed by atoms with van der Waals surface area (Å²) >= 11 is 0. The lowest BCUT2D eigenvalue weighted by Crippen LogP contribution is -2.49. The van der Waals surface area contributed by atoms with Gasteiger partial charge in [-0.05, 0) is 86.1 Å². The zero-order valence-electron chi connectivity index (χ0n) is 16.1. The van der Waals surface area contributed by atoms with E-state index >= 15 is 0 Å². The lowest BCUT2D eigenvalue weighted by atomic mass is 9.49.